The van der Waals surface area contributed by atoms with Gasteiger partial charge in [0, 0.05) is 11.1 Å². The van der Waals surface area contributed by atoms with Crippen molar-refractivity contribution in [2.45, 2.75) is 45.6 Å². The van der Waals surface area contributed by atoms with E-state index in [4.69, 9.17) is 15.0 Å². The van der Waals surface area contributed by atoms with Gasteiger partial charge in [-0.15, -0.1) is 0 Å². The van der Waals surface area contributed by atoms with Gasteiger partial charge < -0.3 is 15.0 Å². The number of nitrogens with zero attached hydrogens (tertiary/aromatic N) is 2. The highest BCUT2D eigenvalue weighted by Crippen LogP contribution is 2.33. The fourth-order valence-corrected chi connectivity index (χ4v) is 1.76. The third kappa shape index (κ3) is 3.08. The van der Waals surface area contributed by atoms with Crippen molar-refractivity contribution in [2.75, 3.05) is 6.61 Å². The van der Waals surface area contributed by atoms with E-state index in [1.807, 2.05) is 58.9 Å². The van der Waals surface area contributed by atoms with E-state index in [0.29, 0.717) is 18.3 Å². The fraction of sp³-hybridized carbons (Fsp3) is 0.500. The first-order chi connectivity index (χ1) is 9.75. The summed E-state index contributed by atoms with van der Waals surface area (Å²) in [5.74, 6) is 1.87. The number of nitrogens with two attached hydrogens (primary N) is 1. The van der Waals surface area contributed by atoms with Crippen molar-refractivity contribution >= 4 is 0 Å². The number of aromatic nitrogens is 2. The molecule has 0 aliphatic rings. The highest BCUT2D eigenvalue weighted by atomic mass is 16.5. The molecule has 0 aliphatic heterocycles. The number of rotatable bonds is 5. The van der Waals surface area contributed by atoms with Crippen LogP contribution in [0.15, 0.2) is 28.8 Å². The summed E-state index contributed by atoms with van der Waals surface area (Å²) >= 11 is 0. The normalized spacial score (nSPS) is 12.5. The van der Waals surface area contributed by atoms with E-state index in [1.54, 1.807) is 0 Å². The molecule has 0 fully saturated rings. The van der Waals surface area contributed by atoms with Crippen molar-refractivity contribution in [1.29, 1.82) is 0 Å². The van der Waals surface area contributed by atoms with Crippen molar-refractivity contribution < 1.29 is 9.26 Å². The summed E-state index contributed by atoms with van der Waals surface area (Å²) in [6, 6.07) is 7.64. The lowest BCUT2D eigenvalue weighted by molar-refractivity contribution is 0.223. The van der Waals surface area contributed by atoms with E-state index >= 15 is 0 Å². The second-order valence-electron chi connectivity index (χ2n) is 6.23. The minimum atomic E-state index is -0.468. The molecule has 0 saturated carbocycles. The highest BCUT2D eigenvalue weighted by Gasteiger charge is 2.40. The van der Waals surface area contributed by atoms with Crippen molar-refractivity contribution in [3.8, 4) is 17.1 Å². The standard InChI is InChI=1S/C16H23N3O2/c1-6-20-12-9-7-8-11(10-12)13-18-14(21-19-13)15(2,3)16(4,5)17/h7-10H,6,17H2,1-5H3. The summed E-state index contributed by atoms with van der Waals surface area (Å²) < 4.78 is 10.9. The van der Waals surface area contributed by atoms with Gasteiger partial charge in [0.2, 0.25) is 11.7 Å². The van der Waals surface area contributed by atoms with Gasteiger partial charge in [-0.05, 0) is 46.8 Å². The van der Waals surface area contributed by atoms with E-state index in [1.165, 1.54) is 0 Å². The van der Waals surface area contributed by atoms with Crippen LogP contribution in [0.3, 0.4) is 0 Å². The van der Waals surface area contributed by atoms with E-state index in [9.17, 15) is 0 Å². The molecule has 114 valence electrons. The molecule has 1 heterocycles. The lowest BCUT2D eigenvalue weighted by Crippen LogP contribution is -2.50. The summed E-state index contributed by atoms with van der Waals surface area (Å²) in [5.41, 5.74) is 6.18. The molecule has 1 aromatic heterocycles. The first-order valence-electron chi connectivity index (χ1n) is 7.12. The zero-order valence-electron chi connectivity index (χ0n) is 13.3. The van der Waals surface area contributed by atoms with Gasteiger partial charge in [-0.1, -0.05) is 17.3 Å². The molecular formula is C16H23N3O2. The molecule has 0 radical (unpaired) electrons. The van der Waals surface area contributed by atoms with Gasteiger partial charge >= 0.3 is 0 Å². The average molecular weight is 289 g/mol. The Labute approximate surface area is 125 Å². The summed E-state index contributed by atoms with van der Waals surface area (Å²) in [6.45, 7) is 10.5. The van der Waals surface area contributed by atoms with Crippen LogP contribution in [0.1, 0.15) is 40.5 Å². The molecule has 5 heteroatoms. The lowest BCUT2D eigenvalue weighted by atomic mass is 9.75. The van der Waals surface area contributed by atoms with Gasteiger partial charge in [0.15, 0.2) is 0 Å². The van der Waals surface area contributed by atoms with Crippen LogP contribution in [-0.2, 0) is 5.41 Å². The second kappa shape index (κ2) is 5.48. The first-order valence-corrected chi connectivity index (χ1v) is 7.12. The Bertz CT molecular complexity index is 612. The molecule has 0 atom stereocenters. The number of benzene rings is 1. The maximum atomic E-state index is 6.21. The van der Waals surface area contributed by atoms with E-state index in [2.05, 4.69) is 10.1 Å². The molecule has 5 nitrogen and oxygen atoms in total. The van der Waals surface area contributed by atoms with Crippen LogP contribution < -0.4 is 10.5 Å². The molecule has 2 N–H and O–H groups in total. The van der Waals surface area contributed by atoms with Gasteiger partial charge in [0.05, 0.1) is 12.0 Å². The van der Waals surface area contributed by atoms with E-state index < -0.39 is 11.0 Å². The van der Waals surface area contributed by atoms with Gasteiger partial charge in [0.25, 0.3) is 0 Å². The Morgan fingerprint density at radius 3 is 2.57 bits per heavy atom. The Hall–Kier alpha value is -1.88. The number of hydrogen-bond acceptors (Lipinski definition) is 5. The topological polar surface area (TPSA) is 74.2 Å². The molecule has 2 rings (SSSR count). The van der Waals surface area contributed by atoms with Crippen LogP contribution in [0, 0.1) is 0 Å². The summed E-state index contributed by atoms with van der Waals surface area (Å²) in [4.78, 5) is 4.51. The molecule has 0 amide bonds. The SMILES string of the molecule is CCOc1cccc(-c2noc(C(C)(C)C(C)(C)N)n2)c1. The van der Waals surface area contributed by atoms with Crippen molar-refractivity contribution in [1.82, 2.24) is 10.1 Å². The quantitative estimate of drug-likeness (QED) is 0.915. The number of hydrogen-bond donors (Lipinski definition) is 1. The zero-order chi connectivity index (χ0) is 15.7. The van der Waals surface area contributed by atoms with Gasteiger partial charge in [-0.2, -0.15) is 4.98 Å². The van der Waals surface area contributed by atoms with Crippen LogP contribution in [0.25, 0.3) is 11.4 Å². The molecule has 1 aromatic carbocycles. The van der Waals surface area contributed by atoms with Gasteiger partial charge in [0.1, 0.15) is 5.75 Å². The van der Waals surface area contributed by atoms with Gasteiger partial charge in [-0.3, -0.25) is 0 Å². The minimum absolute atomic E-state index is 0.421. The van der Waals surface area contributed by atoms with Crippen molar-refractivity contribution in [3.05, 3.63) is 30.2 Å². The zero-order valence-corrected chi connectivity index (χ0v) is 13.3. The Morgan fingerprint density at radius 1 is 1.24 bits per heavy atom. The molecule has 21 heavy (non-hydrogen) atoms. The van der Waals surface area contributed by atoms with Crippen LogP contribution in [0.5, 0.6) is 5.75 Å². The molecule has 2 aromatic rings. The molecule has 0 unspecified atom stereocenters. The Balaban J connectivity index is 2.34. The molecule has 0 saturated heterocycles. The fourth-order valence-electron chi connectivity index (χ4n) is 1.76. The second-order valence-corrected chi connectivity index (χ2v) is 6.23. The third-order valence-corrected chi connectivity index (χ3v) is 3.97. The molecule has 0 spiro atoms. The average Bonchev–Trinajstić information content (AvgIpc) is 2.88. The lowest BCUT2D eigenvalue weighted by Gasteiger charge is -2.34. The monoisotopic (exact) mass is 289 g/mol. The Morgan fingerprint density at radius 2 is 1.95 bits per heavy atom. The van der Waals surface area contributed by atoms with E-state index in [0.717, 1.165) is 11.3 Å². The predicted octanol–water partition coefficient (Wildman–Crippen LogP) is 3.15. The first kappa shape index (κ1) is 15.5. The minimum Gasteiger partial charge on any atom is -0.494 e. The molecule has 0 aliphatic carbocycles. The largest absolute Gasteiger partial charge is 0.494 e. The summed E-state index contributed by atoms with van der Waals surface area (Å²) in [6.07, 6.45) is 0. The van der Waals surface area contributed by atoms with Crippen molar-refractivity contribution in [3.63, 3.8) is 0 Å². The smallest absolute Gasteiger partial charge is 0.234 e. The maximum absolute atomic E-state index is 6.21. The maximum Gasteiger partial charge on any atom is 0.234 e. The Kier molecular flexibility index (Phi) is 4.05. The van der Waals surface area contributed by atoms with Crippen LogP contribution >= 0.6 is 0 Å². The predicted molar refractivity (Wildman–Crippen MR) is 82.2 cm³/mol. The van der Waals surface area contributed by atoms with Crippen LogP contribution in [-0.4, -0.2) is 22.3 Å². The molecular weight excluding hydrogens is 266 g/mol. The van der Waals surface area contributed by atoms with Crippen molar-refractivity contribution in [2.24, 2.45) is 5.73 Å². The highest BCUT2D eigenvalue weighted by molar-refractivity contribution is 5.57. The van der Waals surface area contributed by atoms with Crippen LogP contribution in [0.4, 0.5) is 0 Å². The van der Waals surface area contributed by atoms with Crippen LogP contribution in [0.2, 0.25) is 0 Å². The molecule has 0 bridgehead atoms. The summed E-state index contributed by atoms with van der Waals surface area (Å²) in [5, 5.41) is 4.07. The van der Waals surface area contributed by atoms with Gasteiger partial charge in [-0.25, -0.2) is 0 Å². The number of ether oxygens (including phenoxy) is 1. The third-order valence-electron chi connectivity index (χ3n) is 3.97. The van der Waals surface area contributed by atoms with E-state index in [-0.39, 0.29) is 0 Å². The summed E-state index contributed by atoms with van der Waals surface area (Å²) in [7, 11) is 0.